The zero-order valence-electron chi connectivity index (χ0n) is 15.1. The number of nitriles is 1. The van der Waals surface area contributed by atoms with Crippen molar-refractivity contribution < 1.29 is 9.63 Å². The van der Waals surface area contributed by atoms with Crippen LogP contribution in [0.4, 0.5) is 0 Å². The van der Waals surface area contributed by atoms with Crippen molar-refractivity contribution in [3.8, 4) is 6.07 Å². The molecule has 0 atom stereocenters. The molecule has 0 bridgehead atoms. The highest BCUT2D eigenvalue weighted by atomic mass is 16.7. The Morgan fingerprint density at radius 2 is 1.96 bits per heavy atom. The smallest absolute Gasteiger partial charge is 0.253 e. The van der Waals surface area contributed by atoms with Gasteiger partial charge in [0, 0.05) is 37.1 Å². The third-order valence-corrected chi connectivity index (χ3v) is 5.05. The fourth-order valence-electron chi connectivity index (χ4n) is 3.41. The van der Waals surface area contributed by atoms with E-state index in [4.69, 9.17) is 15.1 Å². The van der Waals surface area contributed by atoms with Gasteiger partial charge >= 0.3 is 0 Å². The summed E-state index contributed by atoms with van der Waals surface area (Å²) in [6, 6.07) is 17.0. The Morgan fingerprint density at radius 3 is 2.67 bits per heavy atom. The normalized spacial score (nSPS) is 17.9. The Hall–Kier alpha value is -3.17. The van der Waals surface area contributed by atoms with E-state index < -0.39 is 5.72 Å². The molecule has 1 amide bonds. The van der Waals surface area contributed by atoms with Crippen LogP contribution in [0.5, 0.6) is 0 Å². The predicted molar refractivity (Wildman–Crippen MR) is 101 cm³/mol. The second-order valence-corrected chi connectivity index (χ2v) is 6.96. The first kappa shape index (κ1) is 17.3. The minimum Gasteiger partial charge on any atom is -0.338 e. The second-order valence-electron chi connectivity index (χ2n) is 6.96. The molecule has 2 aliphatic heterocycles. The van der Waals surface area contributed by atoms with Crippen molar-refractivity contribution in [1.29, 1.82) is 5.26 Å². The quantitative estimate of drug-likeness (QED) is 0.893. The maximum atomic E-state index is 12.7. The summed E-state index contributed by atoms with van der Waals surface area (Å²) in [6.45, 7) is 3.16. The van der Waals surface area contributed by atoms with Gasteiger partial charge in [-0.05, 0) is 25.1 Å². The summed E-state index contributed by atoms with van der Waals surface area (Å²) in [6.07, 6.45) is 1.25. The summed E-state index contributed by atoms with van der Waals surface area (Å²) >= 11 is 0. The molecule has 2 aromatic carbocycles. The molecule has 1 spiro atoms. The van der Waals surface area contributed by atoms with Crippen LogP contribution < -0.4 is 5.48 Å². The Kier molecular flexibility index (Phi) is 4.38. The number of benzene rings is 2. The highest BCUT2D eigenvalue weighted by molar-refractivity contribution is 5.99. The Bertz CT molecular complexity index is 935. The lowest BCUT2D eigenvalue weighted by atomic mass is 10.00. The van der Waals surface area contributed by atoms with E-state index in [1.807, 2.05) is 31.2 Å². The van der Waals surface area contributed by atoms with Crippen LogP contribution in [0, 0.1) is 18.3 Å². The molecule has 0 unspecified atom stereocenters. The number of carbonyl (C=O) groups excluding carboxylic acids is 1. The lowest BCUT2D eigenvalue weighted by Gasteiger charge is -2.35. The molecule has 136 valence electrons. The van der Waals surface area contributed by atoms with Crippen molar-refractivity contribution in [2.45, 2.75) is 25.5 Å². The zero-order valence-corrected chi connectivity index (χ0v) is 15.1. The Balaban J connectivity index is 1.45. The summed E-state index contributed by atoms with van der Waals surface area (Å²) in [7, 11) is 0. The molecule has 1 fully saturated rings. The molecule has 6 nitrogen and oxygen atoms in total. The first-order valence-electron chi connectivity index (χ1n) is 8.99. The van der Waals surface area contributed by atoms with Crippen molar-refractivity contribution in [3.05, 3.63) is 70.8 Å². The molecular formula is C21H20N4O2. The molecule has 2 aromatic rings. The number of hydrogen-bond donors (Lipinski definition) is 1. The molecule has 0 saturated carbocycles. The molecule has 4 rings (SSSR count). The number of carbonyl (C=O) groups is 1. The van der Waals surface area contributed by atoms with Crippen molar-refractivity contribution in [3.63, 3.8) is 0 Å². The van der Waals surface area contributed by atoms with Gasteiger partial charge in [-0.1, -0.05) is 35.9 Å². The summed E-state index contributed by atoms with van der Waals surface area (Å²) in [5, 5.41) is 9.01. The Labute approximate surface area is 158 Å². The van der Waals surface area contributed by atoms with Crippen LogP contribution in [0.1, 0.15) is 39.9 Å². The van der Waals surface area contributed by atoms with E-state index >= 15 is 0 Å². The molecule has 0 radical (unpaired) electrons. The highest BCUT2D eigenvalue weighted by Gasteiger charge is 2.41. The number of nitrogens with zero attached hydrogens (tertiary/aromatic N) is 3. The van der Waals surface area contributed by atoms with Crippen LogP contribution in [-0.2, 0) is 4.84 Å². The Morgan fingerprint density at radius 1 is 1.22 bits per heavy atom. The molecule has 2 aliphatic rings. The SMILES string of the molecule is Cc1ccc(C2=NC3(CCN(C(=O)c4cccc(C#N)c4)CC3)ON2)cc1. The third-order valence-electron chi connectivity index (χ3n) is 5.05. The first-order chi connectivity index (χ1) is 13.1. The van der Waals surface area contributed by atoms with E-state index in [2.05, 4.69) is 11.5 Å². The number of hydrogen-bond acceptors (Lipinski definition) is 5. The van der Waals surface area contributed by atoms with Crippen LogP contribution in [0.25, 0.3) is 0 Å². The number of nitrogens with one attached hydrogen (secondary N) is 1. The van der Waals surface area contributed by atoms with E-state index in [9.17, 15) is 4.79 Å². The number of hydroxylamine groups is 1. The maximum absolute atomic E-state index is 12.7. The molecule has 6 heteroatoms. The molecule has 2 heterocycles. The molecule has 0 aromatic heterocycles. The summed E-state index contributed by atoms with van der Waals surface area (Å²) in [5.74, 6) is 0.673. The fourth-order valence-corrected chi connectivity index (χ4v) is 3.41. The number of likely N-dealkylation sites (tertiary alicyclic amines) is 1. The second kappa shape index (κ2) is 6.86. The number of rotatable bonds is 2. The van der Waals surface area contributed by atoms with Gasteiger partial charge in [0.15, 0.2) is 11.6 Å². The lowest BCUT2D eigenvalue weighted by molar-refractivity contribution is -0.0849. The number of piperidine rings is 1. The van der Waals surface area contributed by atoms with Gasteiger partial charge in [-0.3, -0.25) is 4.79 Å². The predicted octanol–water partition coefficient (Wildman–Crippen LogP) is 2.78. The third kappa shape index (κ3) is 3.42. The summed E-state index contributed by atoms with van der Waals surface area (Å²) in [4.78, 5) is 25.1. The van der Waals surface area contributed by atoms with Crippen molar-refractivity contribution in [2.75, 3.05) is 13.1 Å². The number of amides is 1. The fraction of sp³-hybridized carbons (Fsp3) is 0.286. The summed E-state index contributed by atoms with van der Waals surface area (Å²) in [5.41, 5.74) is 5.55. The van der Waals surface area contributed by atoms with Crippen LogP contribution in [0.3, 0.4) is 0 Å². The van der Waals surface area contributed by atoms with Crippen LogP contribution in [-0.4, -0.2) is 35.5 Å². The van der Waals surface area contributed by atoms with Crippen LogP contribution in [0.2, 0.25) is 0 Å². The number of aliphatic imine (C=N–C) groups is 1. The van der Waals surface area contributed by atoms with Gasteiger partial charge in [0.25, 0.3) is 5.91 Å². The first-order valence-corrected chi connectivity index (χ1v) is 8.99. The van der Waals surface area contributed by atoms with E-state index in [1.165, 1.54) is 5.56 Å². The zero-order chi connectivity index (χ0) is 18.9. The summed E-state index contributed by atoms with van der Waals surface area (Å²) < 4.78 is 0. The largest absolute Gasteiger partial charge is 0.338 e. The van der Waals surface area contributed by atoms with E-state index in [-0.39, 0.29) is 5.91 Å². The van der Waals surface area contributed by atoms with Gasteiger partial charge in [-0.15, -0.1) is 0 Å². The number of aryl methyl sites for hydroxylation is 1. The number of amidine groups is 1. The monoisotopic (exact) mass is 360 g/mol. The molecule has 27 heavy (non-hydrogen) atoms. The average molecular weight is 360 g/mol. The molecular weight excluding hydrogens is 340 g/mol. The topological polar surface area (TPSA) is 77.7 Å². The maximum Gasteiger partial charge on any atom is 0.253 e. The van der Waals surface area contributed by atoms with Gasteiger partial charge < -0.3 is 4.90 Å². The van der Waals surface area contributed by atoms with Gasteiger partial charge in [0.2, 0.25) is 0 Å². The van der Waals surface area contributed by atoms with E-state index in [0.717, 1.165) is 11.4 Å². The van der Waals surface area contributed by atoms with Gasteiger partial charge in [0.1, 0.15) is 0 Å². The van der Waals surface area contributed by atoms with Gasteiger partial charge in [-0.2, -0.15) is 5.26 Å². The van der Waals surface area contributed by atoms with E-state index in [1.54, 1.807) is 29.2 Å². The van der Waals surface area contributed by atoms with E-state index in [0.29, 0.717) is 37.1 Å². The van der Waals surface area contributed by atoms with Gasteiger partial charge in [-0.25, -0.2) is 15.3 Å². The van der Waals surface area contributed by atoms with Crippen molar-refractivity contribution in [1.82, 2.24) is 10.4 Å². The molecule has 1 saturated heterocycles. The van der Waals surface area contributed by atoms with Crippen LogP contribution in [0.15, 0.2) is 53.5 Å². The molecule has 1 N–H and O–H groups in total. The van der Waals surface area contributed by atoms with Crippen molar-refractivity contribution in [2.24, 2.45) is 4.99 Å². The average Bonchev–Trinajstić information content (AvgIpc) is 3.12. The minimum atomic E-state index is -0.620. The van der Waals surface area contributed by atoms with Crippen LogP contribution >= 0.6 is 0 Å². The standard InChI is InChI=1S/C21H20N4O2/c1-15-5-7-17(8-6-15)19-23-21(27-24-19)9-11-25(12-10-21)20(26)18-4-2-3-16(13-18)14-22/h2-8,13H,9-12H2,1H3,(H,23,24). The lowest BCUT2D eigenvalue weighted by Crippen LogP contribution is -2.46. The molecule has 0 aliphatic carbocycles. The van der Waals surface area contributed by atoms with Gasteiger partial charge in [0.05, 0.1) is 11.6 Å². The minimum absolute atomic E-state index is 0.0596. The van der Waals surface area contributed by atoms with Crippen molar-refractivity contribution >= 4 is 11.7 Å². The highest BCUT2D eigenvalue weighted by Crippen LogP contribution is 2.31.